The average Bonchev–Trinajstić information content (AvgIpc) is 3.74. The number of hydrogen-bond acceptors (Lipinski definition) is 6. The van der Waals surface area contributed by atoms with Crippen LogP contribution in [0.4, 0.5) is 11.4 Å². The number of carbonyl (C=O) groups excluding carboxylic acids is 6. The van der Waals surface area contributed by atoms with Crippen LogP contribution < -0.4 is 21.3 Å². The van der Waals surface area contributed by atoms with E-state index in [1.54, 1.807) is 33.4 Å². The molecule has 0 atom stereocenters. The summed E-state index contributed by atoms with van der Waals surface area (Å²) in [6, 6.07) is 16.5. The molecule has 1 aliphatic carbocycles. The molecule has 0 saturated carbocycles. The lowest BCUT2D eigenvalue weighted by Crippen LogP contribution is -2.47. The van der Waals surface area contributed by atoms with Gasteiger partial charge >= 0.3 is 0 Å². The minimum Gasteiger partial charge on any atom is -0.351 e. The van der Waals surface area contributed by atoms with Crippen LogP contribution in [0.25, 0.3) is 0 Å². The van der Waals surface area contributed by atoms with Gasteiger partial charge in [-0.15, -0.1) is 0 Å². The first-order valence-corrected chi connectivity index (χ1v) is 17.9. The summed E-state index contributed by atoms with van der Waals surface area (Å²) in [5.41, 5.74) is 2.81. The largest absolute Gasteiger partial charge is 0.351 e. The highest BCUT2D eigenvalue weighted by Crippen LogP contribution is 2.31. The number of fused-ring (bicyclic) bond motifs is 2. The van der Waals surface area contributed by atoms with Crippen LogP contribution in [0.2, 0.25) is 0 Å². The normalized spacial score (nSPS) is 12.5. The summed E-state index contributed by atoms with van der Waals surface area (Å²) in [7, 11) is 11.3. The zero-order valence-corrected chi connectivity index (χ0v) is 31.8. The van der Waals surface area contributed by atoms with Crippen molar-refractivity contribution in [1.82, 2.24) is 19.8 Å². The van der Waals surface area contributed by atoms with Crippen LogP contribution in [-0.4, -0.2) is 121 Å². The van der Waals surface area contributed by atoms with E-state index in [1.807, 2.05) is 66.8 Å². The molecule has 2 aromatic carbocycles. The number of hydrogen-bond donors (Lipinski definition) is 4. The molecule has 2 aromatic heterocycles. The number of likely N-dealkylation sites (N-methyl/N-ethyl adjacent to an activating group) is 2. The Hall–Kier alpha value is -5.86. The second kappa shape index (κ2) is 16.4. The van der Waals surface area contributed by atoms with Gasteiger partial charge in [0.25, 0.3) is 23.6 Å². The van der Waals surface area contributed by atoms with Gasteiger partial charge < -0.3 is 39.4 Å². The number of amides is 4. The van der Waals surface area contributed by atoms with Crippen LogP contribution >= 0.6 is 0 Å². The molecule has 4 amide bonds. The fraction of sp³-hybridized carbons (Fsp3) is 0.350. The van der Waals surface area contributed by atoms with E-state index in [9.17, 15) is 28.8 Å². The summed E-state index contributed by atoms with van der Waals surface area (Å²) < 4.78 is 4.27. The number of benzene rings is 2. The standard InChI is InChI=1S/C40H48N8O6/c1-45-19-7-11-33(45)39(53)41-17-9-21-47(3,4)25-35(49)43-27-13-15-29-31(23-27)37(51)30-16-14-28(24-32(30)38(29)52)44-36(50)26-48(5,6)22-10-18-42-40(54)34-12-8-20-46(34)2/h7-8,11-16,19-20,23-24H,9-10,17-18,21-22,25-26H2,1-6H3,(H2-2,41,42,43,44,49,50,51,52,53,54)/p+2. The van der Waals surface area contributed by atoms with Crippen molar-refractivity contribution < 1.29 is 37.7 Å². The number of ketones is 2. The second-order valence-electron chi connectivity index (χ2n) is 15.1. The third-order valence-electron chi connectivity index (χ3n) is 9.53. The first-order valence-electron chi connectivity index (χ1n) is 17.9. The second-order valence-corrected chi connectivity index (χ2v) is 15.1. The molecule has 14 heteroatoms. The summed E-state index contributed by atoms with van der Waals surface area (Å²) >= 11 is 0. The fourth-order valence-electron chi connectivity index (χ4n) is 6.64. The number of carbonyl (C=O) groups is 6. The third kappa shape index (κ3) is 9.76. The monoisotopic (exact) mass is 738 g/mol. The van der Waals surface area contributed by atoms with Crippen LogP contribution in [0.5, 0.6) is 0 Å². The van der Waals surface area contributed by atoms with Crippen LogP contribution in [0.1, 0.15) is 65.7 Å². The average molecular weight is 739 g/mol. The molecule has 284 valence electrons. The van der Waals surface area contributed by atoms with E-state index >= 15 is 0 Å². The molecule has 14 nitrogen and oxygen atoms in total. The molecule has 0 bridgehead atoms. The number of nitrogens with one attached hydrogen (secondary N) is 4. The van der Waals surface area contributed by atoms with Gasteiger partial charge in [0.1, 0.15) is 11.4 Å². The molecule has 4 aromatic rings. The van der Waals surface area contributed by atoms with Crippen molar-refractivity contribution >= 4 is 46.6 Å². The first-order chi connectivity index (χ1) is 25.5. The Balaban J connectivity index is 1.11. The van der Waals surface area contributed by atoms with Crippen LogP contribution in [0.3, 0.4) is 0 Å². The van der Waals surface area contributed by atoms with Gasteiger partial charge in [-0.3, -0.25) is 28.8 Å². The van der Waals surface area contributed by atoms with Gasteiger partial charge in [-0.25, -0.2) is 0 Å². The number of nitrogens with zero attached hydrogens (tertiary/aromatic N) is 4. The Morgan fingerprint density at radius 1 is 0.574 bits per heavy atom. The van der Waals surface area contributed by atoms with E-state index in [2.05, 4.69) is 21.3 Å². The predicted molar refractivity (Wildman–Crippen MR) is 205 cm³/mol. The lowest BCUT2D eigenvalue weighted by Gasteiger charge is -2.29. The maximum atomic E-state index is 13.6. The maximum Gasteiger partial charge on any atom is 0.279 e. The summed E-state index contributed by atoms with van der Waals surface area (Å²) in [5, 5.41) is 11.5. The van der Waals surface area contributed by atoms with E-state index in [0.29, 0.717) is 70.7 Å². The molecule has 4 N–H and O–H groups in total. The summed E-state index contributed by atoms with van der Waals surface area (Å²) in [6.45, 7) is 2.56. The minimum absolute atomic E-state index is 0.147. The van der Waals surface area contributed by atoms with E-state index < -0.39 is 0 Å². The van der Waals surface area contributed by atoms with E-state index in [4.69, 9.17) is 0 Å². The molecule has 0 aliphatic heterocycles. The number of aryl methyl sites for hydroxylation is 2. The molecular weight excluding hydrogens is 688 g/mol. The van der Waals surface area contributed by atoms with E-state index in [1.165, 1.54) is 24.3 Å². The Bertz CT molecular complexity index is 1940. The Morgan fingerprint density at radius 3 is 1.31 bits per heavy atom. The molecule has 0 saturated heterocycles. The molecule has 54 heavy (non-hydrogen) atoms. The topological polar surface area (TPSA) is 160 Å². The van der Waals surface area contributed by atoms with Crippen molar-refractivity contribution in [3.8, 4) is 0 Å². The smallest absolute Gasteiger partial charge is 0.279 e. The molecule has 0 spiro atoms. The highest BCUT2D eigenvalue weighted by molar-refractivity contribution is 6.29. The van der Waals surface area contributed by atoms with Gasteiger partial charge in [0, 0.05) is 86.0 Å². The van der Waals surface area contributed by atoms with Crippen molar-refractivity contribution in [2.75, 3.05) is 78.1 Å². The minimum atomic E-state index is -0.348. The van der Waals surface area contributed by atoms with Crippen molar-refractivity contribution in [2.45, 2.75) is 12.8 Å². The van der Waals surface area contributed by atoms with E-state index in [0.717, 1.165) is 0 Å². The van der Waals surface area contributed by atoms with Gasteiger partial charge in [0.15, 0.2) is 24.7 Å². The van der Waals surface area contributed by atoms with Gasteiger partial charge in [0.05, 0.1) is 41.3 Å². The zero-order chi connectivity index (χ0) is 39.2. The quantitative estimate of drug-likeness (QED) is 0.0901. The number of anilines is 2. The van der Waals surface area contributed by atoms with Gasteiger partial charge in [-0.05, 0) is 60.7 Å². The number of aromatic nitrogens is 2. The van der Waals surface area contributed by atoms with Crippen molar-refractivity contribution in [1.29, 1.82) is 0 Å². The van der Waals surface area contributed by atoms with Gasteiger partial charge in [-0.1, -0.05) is 0 Å². The molecule has 2 heterocycles. The molecular formula is C40H50N8O6+2. The van der Waals surface area contributed by atoms with Crippen molar-refractivity contribution in [3.05, 3.63) is 107 Å². The SMILES string of the molecule is Cn1cccc1C(=O)NCCC[N+](C)(C)CC(=O)Nc1ccc2c(c1)C(=O)c1ccc(NC(=O)C[N+](C)(C)CCCNC(=O)c3cccn3C)cc1C2=O. The molecule has 1 aliphatic rings. The van der Waals surface area contributed by atoms with Crippen LogP contribution in [0.15, 0.2) is 73.1 Å². The van der Waals surface area contributed by atoms with Crippen molar-refractivity contribution in [2.24, 2.45) is 14.1 Å². The Morgan fingerprint density at radius 2 is 0.963 bits per heavy atom. The van der Waals surface area contributed by atoms with E-state index in [-0.39, 0.29) is 70.5 Å². The Kier molecular flexibility index (Phi) is 12.0. The van der Waals surface area contributed by atoms with Gasteiger partial charge in [0.2, 0.25) is 0 Å². The zero-order valence-electron chi connectivity index (χ0n) is 31.8. The number of quaternary nitrogens is 2. The molecule has 0 unspecified atom stereocenters. The fourth-order valence-corrected chi connectivity index (χ4v) is 6.64. The highest BCUT2D eigenvalue weighted by atomic mass is 16.2. The van der Waals surface area contributed by atoms with Crippen LogP contribution in [-0.2, 0) is 23.7 Å². The van der Waals surface area contributed by atoms with Crippen molar-refractivity contribution in [3.63, 3.8) is 0 Å². The predicted octanol–water partition coefficient (Wildman–Crippen LogP) is 2.81. The third-order valence-corrected chi connectivity index (χ3v) is 9.53. The van der Waals surface area contributed by atoms with Gasteiger partial charge in [-0.2, -0.15) is 0 Å². The lowest BCUT2D eigenvalue weighted by molar-refractivity contribution is -0.882. The Labute approximate surface area is 315 Å². The molecule has 0 fully saturated rings. The van der Waals surface area contributed by atoms with Crippen LogP contribution in [0, 0.1) is 0 Å². The summed E-state index contributed by atoms with van der Waals surface area (Å²) in [6.07, 6.45) is 4.97. The molecule has 5 rings (SSSR count). The molecule has 0 radical (unpaired) electrons. The number of rotatable bonds is 16. The highest BCUT2D eigenvalue weighted by Gasteiger charge is 2.31. The summed E-state index contributed by atoms with van der Waals surface area (Å²) in [5.74, 6) is -1.49. The lowest BCUT2D eigenvalue weighted by atomic mass is 9.83. The maximum absolute atomic E-state index is 13.6. The first kappa shape index (κ1) is 39.3. The summed E-state index contributed by atoms with van der Waals surface area (Å²) in [4.78, 5) is 77.9.